The van der Waals surface area contributed by atoms with Crippen LogP contribution in [0, 0.1) is 11.3 Å². The van der Waals surface area contributed by atoms with Crippen LogP contribution < -0.4 is 0 Å². The smallest absolute Gasteiger partial charge is 0.00133 e. The Hall–Kier alpha value is -0.820. The average molecular weight is 233 g/mol. The first-order valence-electron chi connectivity index (χ1n) is 6.74. The highest BCUT2D eigenvalue weighted by Gasteiger charge is 2.34. The van der Waals surface area contributed by atoms with E-state index in [1.54, 1.807) is 0 Å². The van der Waals surface area contributed by atoms with Gasteiger partial charge in [-0.3, -0.25) is 0 Å². The number of rotatable bonds is 5. The van der Waals surface area contributed by atoms with Gasteiger partial charge in [0.1, 0.15) is 0 Å². The fraction of sp³-hybridized carbons (Fsp3) is 0.625. The molecular weight excluding hydrogens is 206 g/mol. The van der Waals surface area contributed by atoms with E-state index in [9.17, 15) is 0 Å². The molecule has 1 heteroatoms. The SMILES string of the molecule is C=CC/C=C\C1(C(C)/C=C\C)CCN(C)CC1. The summed E-state index contributed by atoms with van der Waals surface area (Å²) in [6.45, 7) is 10.7. The third-order valence-electron chi connectivity index (χ3n) is 4.06. The summed E-state index contributed by atoms with van der Waals surface area (Å²) in [5.74, 6) is 0.627. The van der Waals surface area contributed by atoms with Crippen molar-refractivity contribution < 1.29 is 0 Å². The summed E-state index contributed by atoms with van der Waals surface area (Å²) >= 11 is 0. The second-order valence-electron chi connectivity index (χ2n) is 5.28. The van der Waals surface area contributed by atoms with Crippen LogP contribution in [-0.2, 0) is 0 Å². The first-order chi connectivity index (χ1) is 8.14. The molecule has 0 spiro atoms. The van der Waals surface area contributed by atoms with E-state index in [1.807, 2.05) is 6.08 Å². The molecular formula is C16H27N. The van der Waals surface area contributed by atoms with Crippen LogP contribution in [0.1, 0.15) is 33.1 Å². The molecule has 0 amide bonds. The minimum Gasteiger partial charge on any atom is -0.306 e. The summed E-state index contributed by atoms with van der Waals surface area (Å²) < 4.78 is 0. The van der Waals surface area contributed by atoms with Gasteiger partial charge in [-0.25, -0.2) is 0 Å². The minimum atomic E-state index is 0.363. The van der Waals surface area contributed by atoms with Gasteiger partial charge in [0.2, 0.25) is 0 Å². The summed E-state index contributed by atoms with van der Waals surface area (Å²) in [6, 6.07) is 0. The predicted octanol–water partition coefficient (Wildman–Crippen LogP) is 4.04. The molecule has 0 N–H and O–H groups in total. The molecule has 96 valence electrons. The Morgan fingerprint density at radius 1 is 1.35 bits per heavy atom. The summed E-state index contributed by atoms with van der Waals surface area (Å²) in [5.41, 5.74) is 0.363. The number of nitrogens with zero attached hydrogens (tertiary/aromatic N) is 1. The van der Waals surface area contributed by atoms with Crippen molar-refractivity contribution in [2.75, 3.05) is 20.1 Å². The number of likely N-dealkylation sites (tertiary alicyclic amines) is 1. The second-order valence-corrected chi connectivity index (χ2v) is 5.28. The van der Waals surface area contributed by atoms with E-state index in [1.165, 1.54) is 25.9 Å². The summed E-state index contributed by atoms with van der Waals surface area (Å²) in [6.07, 6.45) is 14.8. The van der Waals surface area contributed by atoms with Crippen molar-refractivity contribution in [2.45, 2.75) is 33.1 Å². The van der Waals surface area contributed by atoms with Gasteiger partial charge in [0, 0.05) is 0 Å². The maximum absolute atomic E-state index is 3.79. The van der Waals surface area contributed by atoms with Gasteiger partial charge in [0.15, 0.2) is 0 Å². The van der Waals surface area contributed by atoms with E-state index in [2.05, 4.69) is 56.7 Å². The molecule has 0 radical (unpaired) electrons. The molecule has 1 nitrogen and oxygen atoms in total. The molecule has 0 saturated carbocycles. The Morgan fingerprint density at radius 2 is 2.00 bits per heavy atom. The molecule has 1 unspecified atom stereocenters. The van der Waals surface area contributed by atoms with Crippen molar-refractivity contribution in [3.63, 3.8) is 0 Å². The van der Waals surface area contributed by atoms with Crippen LogP contribution in [0.2, 0.25) is 0 Å². The van der Waals surface area contributed by atoms with Crippen LogP contribution in [0.4, 0.5) is 0 Å². The van der Waals surface area contributed by atoms with Crippen molar-refractivity contribution >= 4 is 0 Å². The van der Waals surface area contributed by atoms with Crippen LogP contribution in [0.25, 0.3) is 0 Å². The van der Waals surface area contributed by atoms with Crippen LogP contribution in [0.15, 0.2) is 37.0 Å². The normalized spacial score (nSPS) is 23.2. The van der Waals surface area contributed by atoms with E-state index in [-0.39, 0.29) is 0 Å². The highest BCUT2D eigenvalue weighted by atomic mass is 15.1. The lowest BCUT2D eigenvalue weighted by atomic mass is 9.69. The zero-order valence-corrected chi connectivity index (χ0v) is 11.7. The molecule has 1 atom stereocenters. The minimum absolute atomic E-state index is 0.363. The van der Waals surface area contributed by atoms with Gasteiger partial charge in [-0.15, -0.1) is 6.58 Å². The fourth-order valence-corrected chi connectivity index (χ4v) is 2.69. The third-order valence-corrected chi connectivity index (χ3v) is 4.06. The highest BCUT2D eigenvalue weighted by molar-refractivity contribution is 5.10. The van der Waals surface area contributed by atoms with E-state index >= 15 is 0 Å². The van der Waals surface area contributed by atoms with Gasteiger partial charge in [-0.2, -0.15) is 0 Å². The molecule has 1 aliphatic heterocycles. The summed E-state index contributed by atoms with van der Waals surface area (Å²) in [4.78, 5) is 2.43. The van der Waals surface area contributed by atoms with Gasteiger partial charge in [0.25, 0.3) is 0 Å². The van der Waals surface area contributed by atoms with E-state index in [4.69, 9.17) is 0 Å². The van der Waals surface area contributed by atoms with Crippen LogP contribution in [-0.4, -0.2) is 25.0 Å². The van der Waals surface area contributed by atoms with Gasteiger partial charge in [0.05, 0.1) is 0 Å². The van der Waals surface area contributed by atoms with Crippen molar-refractivity contribution in [3.8, 4) is 0 Å². The number of hydrogen-bond acceptors (Lipinski definition) is 1. The lowest BCUT2D eigenvalue weighted by Gasteiger charge is -2.42. The van der Waals surface area contributed by atoms with Crippen LogP contribution in [0.3, 0.4) is 0 Å². The average Bonchev–Trinajstić information content (AvgIpc) is 2.32. The van der Waals surface area contributed by atoms with Gasteiger partial charge >= 0.3 is 0 Å². The van der Waals surface area contributed by atoms with Crippen molar-refractivity contribution in [3.05, 3.63) is 37.0 Å². The quantitative estimate of drug-likeness (QED) is 0.648. The molecule has 1 saturated heterocycles. The molecule has 1 aliphatic rings. The Labute approximate surface area is 107 Å². The standard InChI is InChI=1S/C16H27N/c1-5-7-8-10-16(15(3)9-6-2)11-13-17(4)14-12-16/h5-6,8-10,15H,1,7,11-14H2,2-4H3/b9-6-,10-8-. The molecule has 0 aromatic rings. The van der Waals surface area contributed by atoms with Crippen molar-refractivity contribution in [1.82, 2.24) is 4.90 Å². The Kier molecular flexibility index (Phi) is 5.70. The first kappa shape index (κ1) is 14.2. The topological polar surface area (TPSA) is 3.24 Å². The maximum Gasteiger partial charge on any atom is -0.00133 e. The largest absolute Gasteiger partial charge is 0.306 e. The van der Waals surface area contributed by atoms with E-state index in [0.717, 1.165) is 6.42 Å². The maximum atomic E-state index is 3.79. The number of piperidine rings is 1. The molecule has 1 rings (SSSR count). The lowest BCUT2D eigenvalue weighted by molar-refractivity contribution is 0.132. The number of allylic oxidation sites excluding steroid dienone is 5. The van der Waals surface area contributed by atoms with Crippen molar-refractivity contribution in [1.29, 1.82) is 0 Å². The monoisotopic (exact) mass is 233 g/mol. The molecule has 1 heterocycles. The molecule has 0 aromatic carbocycles. The zero-order chi connectivity index (χ0) is 12.7. The lowest BCUT2D eigenvalue weighted by Crippen LogP contribution is -2.40. The van der Waals surface area contributed by atoms with E-state index < -0.39 is 0 Å². The van der Waals surface area contributed by atoms with Crippen LogP contribution >= 0.6 is 0 Å². The van der Waals surface area contributed by atoms with Crippen LogP contribution in [0.5, 0.6) is 0 Å². The second kappa shape index (κ2) is 6.80. The Balaban J connectivity index is 2.80. The molecule has 1 fully saturated rings. The predicted molar refractivity (Wildman–Crippen MR) is 77.1 cm³/mol. The Bertz CT molecular complexity index is 280. The molecule has 0 aliphatic carbocycles. The first-order valence-corrected chi connectivity index (χ1v) is 6.74. The zero-order valence-electron chi connectivity index (χ0n) is 11.7. The molecule has 17 heavy (non-hydrogen) atoms. The highest BCUT2D eigenvalue weighted by Crippen LogP contribution is 2.40. The molecule has 0 bridgehead atoms. The Morgan fingerprint density at radius 3 is 2.53 bits per heavy atom. The van der Waals surface area contributed by atoms with Crippen molar-refractivity contribution in [2.24, 2.45) is 11.3 Å². The fourth-order valence-electron chi connectivity index (χ4n) is 2.69. The summed E-state index contributed by atoms with van der Waals surface area (Å²) in [7, 11) is 2.22. The van der Waals surface area contributed by atoms with Gasteiger partial charge < -0.3 is 4.90 Å². The summed E-state index contributed by atoms with van der Waals surface area (Å²) in [5, 5.41) is 0. The third kappa shape index (κ3) is 3.85. The van der Waals surface area contributed by atoms with Gasteiger partial charge in [-0.1, -0.05) is 37.3 Å². The molecule has 0 aromatic heterocycles. The number of hydrogen-bond donors (Lipinski definition) is 0. The van der Waals surface area contributed by atoms with E-state index in [0.29, 0.717) is 11.3 Å². The van der Waals surface area contributed by atoms with Gasteiger partial charge in [-0.05, 0) is 57.7 Å².